The standard InChI is InChI=1S/C64H49NS/c1-42-25-26-49-40-61-53(18-11-23-58(61)60(49)39-42)46-29-35-51(36-30-46)65(50-33-27-45(28-34-50)44-14-6-4-7-15-44)52-37-31-47(32-38-52)54-19-10-20-55-56-21-12-22-57(63(56)41-62(54)55)59-24-9-17-48-16-8-3-5-13-43(2)66-64(48)59/h3-15,17-38,42H,2,16,39-41H2,1H3/b8-3-,13-5-. The van der Waals surface area contributed by atoms with Gasteiger partial charge in [0.2, 0.25) is 0 Å². The molecule has 1 atom stereocenters. The molecule has 0 N–H and O–H groups in total. The van der Waals surface area contributed by atoms with Crippen molar-refractivity contribution in [2.45, 2.75) is 37.5 Å². The highest BCUT2D eigenvalue weighted by molar-refractivity contribution is 8.03. The number of nitrogens with zero attached hydrogens (tertiary/aromatic N) is 1. The Bertz CT molecular complexity index is 3330. The fraction of sp³-hybridized carbons (Fsp3) is 0.0938. The quantitative estimate of drug-likeness (QED) is 0.157. The first-order chi connectivity index (χ1) is 32.5. The number of allylic oxidation sites excluding steroid dienone is 8. The van der Waals surface area contributed by atoms with E-state index in [4.69, 9.17) is 0 Å². The summed E-state index contributed by atoms with van der Waals surface area (Å²) in [5, 5.41) is 0. The lowest BCUT2D eigenvalue weighted by atomic mass is 9.90. The van der Waals surface area contributed by atoms with Crippen molar-refractivity contribution in [1.29, 1.82) is 0 Å². The summed E-state index contributed by atoms with van der Waals surface area (Å²) in [7, 11) is 0. The van der Waals surface area contributed by atoms with Crippen LogP contribution in [0.1, 0.15) is 41.2 Å². The molecule has 12 rings (SSSR count). The summed E-state index contributed by atoms with van der Waals surface area (Å²) in [6.45, 7) is 6.71. The third kappa shape index (κ3) is 7.23. The summed E-state index contributed by atoms with van der Waals surface area (Å²) in [5.41, 5.74) is 26.2. The van der Waals surface area contributed by atoms with Crippen LogP contribution in [0.3, 0.4) is 0 Å². The molecule has 2 heteroatoms. The van der Waals surface area contributed by atoms with Gasteiger partial charge in [-0.1, -0.05) is 195 Å². The minimum absolute atomic E-state index is 0.584. The molecule has 1 heterocycles. The molecule has 0 fully saturated rings. The van der Waals surface area contributed by atoms with E-state index in [2.05, 4.69) is 231 Å². The van der Waals surface area contributed by atoms with E-state index in [1.54, 1.807) is 11.8 Å². The number of hydrogen-bond donors (Lipinski definition) is 0. The number of anilines is 3. The van der Waals surface area contributed by atoms with E-state index in [0.717, 1.165) is 47.7 Å². The van der Waals surface area contributed by atoms with Crippen LogP contribution in [0, 0.1) is 5.92 Å². The van der Waals surface area contributed by atoms with Crippen molar-refractivity contribution in [3.8, 4) is 55.6 Å². The van der Waals surface area contributed by atoms with Crippen molar-refractivity contribution in [2.75, 3.05) is 4.90 Å². The molecule has 0 radical (unpaired) electrons. The Morgan fingerprint density at radius 1 is 0.470 bits per heavy atom. The predicted octanol–water partition coefficient (Wildman–Crippen LogP) is 17.6. The van der Waals surface area contributed by atoms with Gasteiger partial charge in [-0.05, 0) is 169 Å². The highest BCUT2D eigenvalue weighted by Gasteiger charge is 2.28. The molecule has 8 aromatic carbocycles. The maximum Gasteiger partial charge on any atom is 0.0462 e. The highest BCUT2D eigenvalue weighted by Crippen LogP contribution is 2.49. The summed E-state index contributed by atoms with van der Waals surface area (Å²) >= 11 is 1.79. The van der Waals surface area contributed by atoms with Crippen LogP contribution in [-0.4, -0.2) is 0 Å². The van der Waals surface area contributed by atoms with Gasteiger partial charge in [0.1, 0.15) is 0 Å². The van der Waals surface area contributed by atoms with Crippen molar-refractivity contribution in [1.82, 2.24) is 0 Å². The minimum Gasteiger partial charge on any atom is -0.311 e. The molecule has 0 saturated carbocycles. The second-order valence-electron chi connectivity index (χ2n) is 18.1. The van der Waals surface area contributed by atoms with Crippen LogP contribution in [0.15, 0.2) is 234 Å². The summed E-state index contributed by atoms with van der Waals surface area (Å²) in [6, 6.07) is 65.5. The molecule has 1 aliphatic heterocycles. The maximum absolute atomic E-state index is 4.38. The van der Waals surface area contributed by atoms with Crippen LogP contribution in [-0.2, 0) is 19.3 Å². The summed E-state index contributed by atoms with van der Waals surface area (Å²) in [4.78, 5) is 4.75. The van der Waals surface area contributed by atoms with Gasteiger partial charge >= 0.3 is 0 Å². The largest absolute Gasteiger partial charge is 0.311 e. The number of fused-ring (bicyclic) bond motifs is 6. The Kier molecular flexibility index (Phi) is 10.3. The third-order valence-electron chi connectivity index (χ3n) is 14.0. The molecule has 0 spiro atoms. The number of hydrogen-bond acceptors (Lipinski definition) is 2. The van der Waals surface area contributed by atoms with E-state index < -0.39 is 0 Å². The van der Waals surface area contributed by atoms with E-state index in [1.807, 2.05) is 0 Å². The topological polar surface area (TPSA) is 3.24 Å². The SMILES string of the molecule is C=C1/C=C\C=C/Cc2cccc(-c3cccc4c3Cc3c(-c5ccc(N(c6ccc(-c7ccccc7)cc6)c6ccc(-c7cccc8c7CC7=C8CC(C)C=C7)cc6)cc5)cccc3-4)c2S1. The van der Waals surface area contributed by atoms with E-state index in [0.29, 0.717) is 5.92 Å². The average molecular weight is 864 g/mol. The van der Waals surface area contributed by atoms with E-state index in [9.17, 15) is 0 Å². The maximum atomic E-state index is 4.38. The molecule has 4 aliphatic rings. The zero-order valence-corrected chi connectivity index (χ0v) is 38.0. The molecule has 316 valence electrons. The molecule has 3 aliphatic carbocycles. The van der Waals surface area contributed by atoms with Crippen LogP contribution in [0.2, 0.25) is 0 Å². The number of benzene rings is 8. The van der Waals surface area contributed by atoms with Crippen molar-refractivity contribution in [3.63, 3.8) is 0 Å². The van der Waals surface area contributed by atoms with E-state index in [-0.39, 0.29) is 0 Å². The zero-order valence-electron chi connectivity index (χ0n) is 37.2. The van der Waals surface area contributed by atoms with Crippen molar-refractivity contribution >= 4 is 34.4 Å². The summed E-state index contributed by atoms with van der Waals surface area (Å²) in [5.74, 6) is 0.584. The van der Waals surface area contributed by atoms with Gasteiger partial charge in [-0.15, -0.1) is 0 Å². The summed E-state index contributed by atoms with van der Waals surface area (Å²) in [6.07, 6.45) is 17.3. The molecule has 0 amide bonds. The monoisotopic (exact) mass is 863 g/mol. The molecule has 0 bridgehead atoms. The number of thioether (sulfide) groups is 1. The lowest BCUT2D eigenvalue weighted by Crippen LogP contribution is -2.10. The van der Waals surface area contributed by atoms with E-state index in [1.165, 1.54) is 99.5 Å². The Balaban J connectivity index is 0.886. The van der Waals surface area contributed by atoms with Gasteiger partial charge in [-0.25, -0.2) is 0 Å². The zero-order chi connectivity index (χ0) is 44.1. The fourth-order valence-corrected chi connectivity index (χ4v) is 11.8. The smallest absolute Gasteiger partial charge is 0.0462 e. The van der Waals surface area contributed by atoms with Crippen LogP contribution >= 0.6 is 11.8 Å². The normalized spacial score (nSPS) is 16.6. The van der Waals surface area contributed by atoms with Crippen LogP contribution in [0.4, 0.5) is 17.1 Å². The first kappa shape index (κ1) is 40.1. The van der Waals surface area contributed by atoms with Gasteiger partial charge in [-0.3, -0.25) is 0 Å². The Labute approximate surface area is 393 Å². The third-order valence-corrected chi connectivity index (χ3v) is 15.1. The first-order valence-electron chi connectivity index (χ1n) is 23.3. The first-order valence-corrected chi connectivity index (χ1v) is 24.1. The van der Waals surface area contributed by atoms with Crippen molar-refractivity contribution < 1.29 is 0 Å². The van der Waals surface area contributed by atoms with Crippen molar-refractivity contribution in [3.05, 3.63) is 257 Å². The molecule has 66 heavy (non-hydrogen) atoms. The second kappa shape index (κ2) is 16.9. The van der Waals surface area contributed by atoms with Gasteiger partial charge in [0.15, 0.2) is 0 Å². The predicted molar refractivity (Wildman–Crippen MR) is 282 cm³/mol. The lowest BCUT2D eigenvalue weighted by Gasteiger charge is -2.26. The Morgan fingerprint density at radius 2 is 0.985 bits per heavy atom. The minimum atomic E-state index is 0.584. The van der Waals surface area contributed by atoms with Gasteiger partial charge in [0.05, 0.1) is 0 Å². The van der Waals surface area contributed by atoms with E-state index >= 15 is 0 Å². The molecule has 0 saturated heterocycles. The van der Waals surface area contributed by atoms with Crippen LogP contribution in [0.5, 0.6) is 0 Å². The highest BCUT2D eigenvalue weighted by atomic mass is 32.2. The molecule has 1 nitrogen and oxygen atoms in total. The Hall–Kier alpha value is -7.39. The van der Waals surface area contributed by atoms with Crippen molar-refractivity contribution in [2.24, 2.45) is 5.92 Å². The van der Waals surface area contributed by atoms with Gasteiger partial charge < -0.3 is 4.90 Å². The Morgan fingerprint density at radius 3 is 1.64 bits per heavy atom. The lowest BCUT2D eigenvalue weighted by molar-refractivity contribution is 0.745. The molecule has 1 unspecified atom stereocenters. The van der Waals surface area contributed by atoms with Gasteiger partial charge in [0.25, 0.3) is 0 Å². The average Bonchev–Trinajstić information content (AvgIpc) is 3.96. The molecule has 8 aromatic rings. The number of rotatable bonds is 7. The molecule has 0 aromatic heterocycles. The second-order valence-corrected chi connectivity index (χ2v) is 19.2. The van der Waals surface area contributed by atoms with Crippen LogP contribution in [0.25, 0.3) is 61.2 Å². The van der Waals surface area contributed by atoms with Gasteiger partial charge in [-0.2, -0.15) is 0 Å². The molecular formula is C64H49NS. The summed E-state index contributed by atoms with van der Waals surface area (Å²) < 4.78 is 0. The molecular weight excluding hydrogens is 815 g/mol. The fourth-order valence-electron chi connectivity index (χ4n) is 10.8. The van der Waals surface area contributed by atoms with Crippen LogP contribution < -0.4 is 4.90 Å². The van der Waals surface area contributed by atoms with Gasteiger partial charge in [0, 0.05) is 26.9 Å².